The van der Waals surface area contributed by atoms with Gasteiger partial charge in [-0.15, -0.1) is 0 Å². The number of ether oxygens (including phenoxy) is 1. The van der Waals surface area contributed by atoms with Gasteiger partial charge in [-0.25, -0.2) is 4.98 Å². The summed E-state index contributed by atoms with van der Waals surface area (Å²) in [4.78, 5) is 8.68. The van der Waals surface area contributed by atoms with E-state index in [0.717, 1.165) is 33.6 Å². The number of aromatic hydroxyl groups is 1. The Hall–Kier alpha value is -3.60. The molecule has 0 bridgehead atoms. The topological polar surface area (TPSA) is 67.3 Å². The van der Waals surface area contributed by atoms with Crippen LogP contribution in [0.2, 0.25) is 0 Å². The van der Waals surface area contributed by atoms with Crippen LogP contribution in [0.25, 0.3) is 10.9 Å². The van der Waals surface area contributed by atoms with Gasteiger partial charge in [0.2, 0.25) is 0 Å². The second kappa shape index (κ2) is 8.41. The summed E-state index contributed by atoms with van der Waals surface area (Å²) in [6.45, 7) is 5.93. The van der Waals surface area contributed by atoms with Crippen molar-refractivity contribution in [2.45, 2.75) is 32.9 Å². The van der Waals surface area contributed by atoms with E-state index in [2.05, 4.69) is 15.3 Å². The number of fused-ring (bicyclic) bond motifs is 1. The number of phenols is 1. The lowest BCUT2D eigenvalue weighted by Crippen LogP contribution is -2.13. The zero-order valence-electron chi connectivity index (χ0n) is 17.3. The quantitative estimate of drug-likeness (QED) is 0.440. The van der Waals surface area contributed by atoms with Crippen LogP contribution in [0.15, 0.2) is 73.1 Å². The molecule has 5 nitrogen and oxygen atoms in total. The predicted molar refractivity (Wildman–Crippen MR) is 120 cm³/mol. The molecule has 0 saturated carbocycles. The Bertz CT molecular complexity index is 1140. The molecule has 2 aromatic heterocycles. The molecular formula is C25H25N3O2. The molecule has 4 rings (SSSR count). The van der Waals surface area contributed by atoms with Crippen molar-refractivity contribution in [3.8, 4) is 11.5 Å². The average molecular weight is 399 g/mol. The normalized spacial score (nSPS) is 12.1. The van der Waals surface area contributed by atoms with Crippen LogP contribution in [0.5, 0.6) is 11.5 Å². The standard InChI is InChI=1S/C25H25N3O2/c1-16(2)30-21-9-7-20(8-10-21)28-23(19-12-14-26-15-13-19)22-11-6-18-5-4-17(3)27-24(18)25(22)29/h4-16,23,28-29H,1-3H3. The molecule has 0 radical (unpaired) electrons. The Labute approximate surface area is 176 Å². The molecule has 2 aromatic carbocycles. The van der Waals surface area contributed by atoms with Gasteiger partial charge in [-0.1, -0.05) is 18.2 Å². The molecule has 30 heavy (non-hydrogen) atoms. The third kappa shape index (κ3) is 4.20. The van der Waals surface area contributed by atoms with Crippen LogP contribution in [0.4, 0.5) is 5.69 Å². The lowest BCUT2D eigenvalue weighted by Gasteiger charge is -2.23. The van der Waals surface area contributed by atoms with Crippen molar-refractivity contribution in [3.63, 3.8) is 0 Å². The molecule has 152 valence electrons. The van der Waals surface area contributed by atoms with Crippen molar-refractivity contribution >= 4 is 16.6 Å². The summed E-state index contributed by atoms with van der Waals surface area (Å²) in [5.41, 5.74) is 4.15. The van der Waals surface area contributed by atoms with Gasteiger partial charge in [0.15, 0.2) is 0 Å². The van der Waals surface area contributed by atoms with Gasteiger partial charge in [0, 0.05) is 34.7 Å². The lowest BCUT2D eigenvalue weighted by atomic mass is 9.96. The number of hydrogen-bond donors (Lipinski definition) is 2. The van der Waals surface area contributed by atoms with E-state index in [1.807, 2.05) is 81.4 Å². The SMILES string of the molecule is Cc1ccc2ccc(C(Nc3ccc(OC(C)C)cc3)c3ccncc3)c(O)c2n1. The molecule has 2 heterocycles. The van der Waals surface area contributed by atoms with Crippen LogP contribution in [0, 0.1) is 6.92 Å². The predicted octanol–water partition coefficient (Wildman–Crippen LogP) is 5.63. The Kier molecular flexibility index (Phi) is 5.53. The van der Waals surface area contributed by atoms with Crippen LogP contribution in [-0.2, 0) is 0 Å². The number of phenolic OH excluding ortho intramolecular Hbond substituents is 1. The van der Waals surface area contributed by atoms with Gasteiger partial charge in [0.05, 0.1) is 12.1 Å². The number of pyridine rings is 2. The first-order chi connectivity index (χ1) is 14.5. The first-order valence-corrected chi connectivity index (χ1v) is 10.0. The van der Waals surface area contributed by atoms with Gasteiger partial charge in [-0.2, -0.15) is 0 Å². The Morgan fingerprint density at radius 3 is 2.30 bits per heavy atom. The maximum absolute atomic E-state index is 11.1. The van der Waals surface area contributed by atoms with E-state index in [1.54, 1.807) is 12.4 Å². The Morgan fingerprint density at radius 2 is 1.60 bits per heavy atom. The number of aromatic nitrogens is 2. The van der Waals surface area contributed by atoms with Crippen molar-refractivity contribution in [2.24, 2.45) is 0 Å². The van der Waals surface area contributed by atoms with Crippen LogP contribution in [0.1, 0.15) is 36.7 Å². The monoisotopic (exact) mass is 399 g/mol. The number of rotatable bonds is 6. The highest BCUT2D eigenvalue weighted by Gasteiger charge is 2.20. The minimum Gasteiger partial charge on any atom is -0.505 e. The van der Waals surface area contributed by atoms with E-state index in [1.165, 1.54) is 0 Å². The largest absolute Gasteiger partial charge is 0.505 e. The van der Waals surface area contributed by atoms with E-state index >= 15 is 0 Å². The van der Waals surface area contributed by atoms with E-state index in [0.29, 0.717) is 5.52 Å². The molecule has 0 aliphatic carbocycles. The Morgan fingerprint density at radius 1 is 0.900 bits per heavy atom. The fraction of sp³-hybridized carbons (Fsp3) is 0.200. The summed E-state index contributed by atoms with van der Waals surface area (Å²) in [5, 5.41) is 15.5. The molecule has 5 heteroatoms. The van der Waals surface area contributed by atoms with Gasteiger partial charge in [0.1, 0.15) is 17.0 Å². The second-order valence-corrected chi connectivity index (χ2v) is 7.58. The maximum Gasteiger partial charge on any atom is 0.147 e. The summed E-state index contributed by atoms with van der Waals surface area (Å²) in [7, 11) is 0. The van der Waals surface area contributed by atoms with Crippen LogP contribution < -0.4 is 10.1 Å². The first-order valence-electron chi connectivity index (χ1n) is 10.0. The molecule has 0 aliphatic rings. The zero-order chi connectivity index (χ0) is 21.1. The molecular weight excluding hydrogens is 374 g/mol. The third-order valence-electron chi connectivity index (χ3n) is 4.89. The highest BCUT2D eigenvalue weighted by atomic mass is 16.5. The van der Waals surface area contributed by atoms with Gasteiger partial charge in [-0.3, -0.25) is 4.98 Å². The average Bonchev–Trinajstić information content (AvgIpc) is 2.74. The van der Waals surface area contributed by atoms with Gasteiger partial charge < -0.3 is 15.2 Å². The highest BCUT2D eigenvalue weighted by molar-refractivity contribution is 5.86. The summed E-state index contributed by atoms with van der Waals surface area (Å²) in [5.74, 6) is 1.01. The smallest absolute Gasteiger partial charge is 0.147 e. The van der Waals surface area contributed by atoms with Crippen LogP contribution in [-0.4, -0.2) is 21.2 Å². The maximum atomic E-state index is 11.1. The minimum atomic E-state index is -0.267. The molecule has 0 aliphatic heterocycles. The minimum absolute atomic E-state index is 0.124. The van der Waals surface area contributed by atoms with E-state index in [-0.39, 0.29) is 17.9 Å². The van der Waals surface area contributed by atoms with Gasteiger partial charge in [0.25, 0.3) is 0 Å². The number of hydrogen-bond acceptors (Lipinski definition) is 5. The van der Waals surface area contributed by atoms with E-state index in [9.17, 15) is 5.11 Å². The molecule has 0 spiro atoms. The fourth-order valence-corrected chi connectivity index (χ4v) is 3.48. The van der Waals surface area contributed by atoms with E-state index < -0.39 is 0 Å². The number of anilines is 1. The molecule has 2 N–H and O–H groups in total. The summed E-state index contributed by atoms with van der Waals surface area (Å²) in [6, 6.07) is 19.3. The van der Waals surface area contributed by atoms with Crippen LogP contribution in [0.3, 0.4) is 0 Å². The highest BCUT2D eigenvalue weighted by Crippen LogP contribution is 2.36. The van der Waals surface area contributed by atoms with Crippen molar-refractivity contribution in [2.75, 3.05) is 5.32 Å². The molecule has 0 saturated heterocycles. The van der Waals surface area contributed by atoms with Crippen molar-refractivity contribution in [1.82, 2.24) is 9.97 Å². The van der Waals surface area contributed by atoms with Gasteiger partial charge in [-0.05, 0) is 68.8 Å². The fourth-order valence-electron chi connectivity index (χ4n) is 3.48. The molecule has 0 fully saturated rings. The van der Waals surface area contributed by atoms with Gasteiger partial charge >= 0.3 is 0 Å². The summed E-state index contributed by atoms with van der Waals surface area (Å²) >= 11 is 0. The third-order valence-corrected chi connectivity index (χ3v) is 4.89. The number of nitrogens with zero attached hydrogens (tertiary/aromatic N) is 2. The molecule has 0 amide bonds. The Balaban J connectivity index is 1.74. The summed E-state index contributed by atoms with van der Waals surface area (Å²) in [6.07, 6.45) is 3.63. The molecule has 1 unspecified atom stereocenters. The first kappa shape index (κ1) is 19.7. The summed E-state index contributed by atoms with van der Waals surface area (Å²) < 4.78 is 5.74. The molecule has 1 atom stereocenters. The van der Waals surface area contributed by atoms with Crippen molar-refractivity contribution < 1.29 is 9.84 Å². The number of nitrogens with one attached hydrogen (secondary N) is 1. The molecule has 4 aromatic rings. The second-order valence-electron chi connectivity index (χ2n) is 7.58. The van der Waals surface area contributed by atoms with Crippen molar-refractivity contribution in [3.05, 3.63) is 89.9 Å². The number of aryl methyl sites for hydroxylation is 1. The van der Waals surface area contributed by atoms with Crippen molar-refractivity contribution in [1.29, 1.82) is 0 Å². The lowest BCUT2D eigenvalue weighted by molar-refractivity contribution is 0.242. The number of benzene rings is 2. The van der Waals surface area contributed by atoms with E-state index in [4.69, 9.17) is 4.74 Å². The zero-order valence-corrected chi connectivity index (χ0v) is 17.3. The van der Waals surface area contributed by atoms with Crippen LogP contribution >= 0.6 is 0 Å².